The molecule has 0 bridgehead atoms. The van der Waals surface area contributed by atoms with Crippen molar-refractivity contribution in [1.29, 1.82) is 0 Å². The van der Waals surface area contributed by atoms with Crippen molar-refractivity contribution in [2.45, 2.75) is 25.8 Å². The first-order valence-corrected chi connectivity index (χ1v) is 5.13. The Morgan fingerprint density at radius 2 is 2.50 bits per heavy atom. The van der Waals surface area contributed by atoms with E-state index in [9.17, 15) is 0 Å². The van der Waals surface area contributed by atoms with E-state index in [4.69, 9.17) is 4.74 Å². The molecule has 1 aliphatic rings. The average molecular weight is 192 g/mol. The van der Waals surface area contributed by atoms with E-state index in [1.54, 1.807) is 6.20 Å². The lowest BCUT2D eigenvalue weighted by Crippen LogP contribution is -2.28. The fraction of sp³-hybridized carbons (Fsp3) is 0.545. The molecule has 0 unspecified atom stereocenters. The van der Waals surface area contributed by atoms with Crippen molar-refractivity contribution in [2.75, 3.05) is 13.2 Å². The monoisotopic (exact) mass is 192 g/mol. The van der Waals surface area contributed by atoms with Crippen molar-refractivity contribution in [3.63, 3.8) is 0 Å². The predicted molar refractivity (Wildman–Crippen MR) is 55.5 cm³/mol. The fourth-order valence-corrected chi connectivity index (χ4v) is 1.64. The molecule has 0 aliphatic carbocycles. The lowest BCUT2D eigenvalue weighted by atomic mass is 10.2. The van der Waals surface area contributed by atoms with Crippen LogP contribution in [0, 0.1) is 6.92 Å². The van der Waals surface area contributed by atoms with Gasteiger partial charge in [0.1, 0.15) is 12.4 Å². The van der Waals surface area contributed by atoms with Gasteiger partial charge in [-0.2, -0.15) is 0 Å². The largest absolute Gasteiger partial charge is 0.490 e. The Morgan fingerprint density at radius 3 is 3.14 bits per heavy atom. The maximum absolute atomic E-state index is 5.62. The molecule has 1 fully saturated rings. The minimum Gasteiger partial charge on any atom is -0.490 e. The lowest BCUT2D eigenvalue weighted by molar-refractivity contribution is 0.276. The topological polar surface area (TPSA) is 34.1 Å². The molecular weight excluding hydrogens is 176 g/mol. The highest BCUT2D eigenvalue weighted by atomic mass is 16.5. The second-order valence-corrected chi connectivity index (χ2v) is 3.74. The average Bonchev–Trinajstić information content (AvgIpc) is 2.70. The van der Waals surface area contributed by atoms with Gasteiger partial charge in [0, 0.05) is 11.7 Å². The first kappa shape index (κ1) is 9.46. The third kappa shape index (κ3) is 2.45. The Hall–Kier alpha value is -1.09. The molecule has 0 amide bonds. The molecule has 1 N–H and O–H groups in total. The highest BCUT2D eigenvalue weighted by molar-refractivity contribution is 5.19. The fourth-order valence-electron chi connectivity index (χ4n) is 1.64. The van der Waals surface area contributed by atoms with Crippen LogP contribution in [0.4, 0.5) is 0 Å². The molecule has 1 saturated heterocycles. The molecule has 2 heterocycles. The highest BCUT2D eigenvalue weighted by Crippen LogP contribution is 2.11. The molecule has 2 rings (SSSR count). The van der Waals surface area contributed by atoms with Gasteiger partial charge in [0.15, 0.2) is 0 Å². The normalized spacial score (nSPS) is 21.1. The summed E-state index contributed by atoms with van der Waals surface area (Å²) in [7, 11) is 0. The van der Waals surface area contributed by atoms with Gasteiger partial charge in [-0.1, -0.05) is 0 Å². The van der Waals surface area contributed by atoms with Gasteiger partial charge >= 0.3 is 0 Å². The van der Waals surface area contributed by atoms with Gasteiger partial charge < -0.3 is 10.1 Å². The van der Waals surface area contributed by atoms with Crippen LogP contribution in [-0.4, -0.2) is 24.2 Å². The highest BCUT2D eigenvalue weighted by Gasteiger charge is 2.14. The molecular formula is C11H16N2O. The second-order valence-electron chi connectivity index (χ2n) is 3.74. The Bertz CT molecular complexity index is 278. The van der Waals surface area contributed by atoms with E-state index in [0.717, 1.165) is 24.6 Å². The van der Waals surface area contributed by atoms with Gasteiger partial charge in [0.2, 0.25) is 0 Å². The number of aryl methyl sites for hydroxylation is 1. The number of hydrogen-bond donors (Lipinski definition) is 1. The summed E-state index contributed by atoms with van der Waals surface area (Å²) >= 11 is 0. The van der Waals surface area contributed by atoms with E-state index < -0.39 is 0 Å². The van der Waals surface area contributed by atoms with Crippen molar-refractivity contribution < 1.29 is 4.74 Å². The molecule has 0 spiro atoms. The summed E-state index contributed by atoms with van der Waals surface area (Å²) in [6.45, 7) is 3.85. The number of aromatic nitrogens is 1. The molecule has 3 nitrogen and oxygen atoms in total. The van der Waals surface area contributed by atoms with Crippen LogP contribution >= 0.6 is 0 Å². The van der Waals surface area contributed by atoms with Gasteiger partial charge in [0.05, 0.1) is 6.20 Å². The smallest absolute Gasteiger partial charge is 0.137 e. The summed E-state index contributed by atoms with van der Waals surface area (Å²) in [4.78, 5) is 4.18. The molecule has 0 saturated carbocycles. The molecule has 0 radical (unpaired) electrons. The minimum absolute atomic E-state index is 0.524. The Morgan fingerprint density at radius 1 is 1.57 bits per heavy atom. The summed E-state index contributed by atoms with van der Waals surface area (Å²) in [5.41, 5.74) is 1.02. The van der Waals surface area contributed by atoms with Crippen LogP contribution in [0.2, 0.25) is 0 Å². The number of ether oxygens (including phenoxy) is 1. The number of rotatable bonds is 3. The zero-order valence-corrected chi connectivity index (χ0v) is 8.49. The number of nitrogens with zero attached hydrogens (tertiary/aromatic N) is 1. The Labute approximate surface area is 84.5 Å². The molecule has 1 aromatic heterocycles. The van der Waals surface area contributed by atoms with E-state index in [-0.39, 0.29) is 0 Å². The van der Waals surface area contributed by atoms with Crippen molar-refractivity contribution >= 4 is 0 Å². The van der Waals surface area contributed by atoms with E-state index in [1.165, 1.54) is 12.8 Å². The van der Waals surface area contributed by atoms with Gasteiger partial charge in [-0.25, -0.2) is 0 Å². The van der Waals surface area contributed by atoms with E-state index >= 15 is 0 Å². The van der Waals surface area contributed by atoms with E-state index in [2.05, 4.69) is 10.3 Å². The molecule has 1 aromatic rings. The summed E-state index contributed by atoms with van der Waals surface area (Å²) in [5, 5.41) is 3.39. The van der Waals surface area contributed by atoms with Crippen LogP contribution < -0.4 is 10.1 Å². The summed E-state index contributed by atoms with van der Waals surface area (Å²) in [5.74, 6) is 0.865. The quantitative estimate of drug-likeness (QED) is 0.788. The van der Waals surface area contributed by atoms with Crippen LogP contribution in [0.1, 0.15) is 18.5 Å². The number of hydrogen-bond acceptors (Lipinski definition) is 3. The maximum atomic E-state index is 5.62. The van der Waals surface area contributed by atoms with Crippen molar-refractivity contribution in [3.05, 3.63) is 24.0 Å². The van der Waals surface area contributed by atoms with Crippen LogP contribution in [0.5, 0.6) is 5.75 Å². The van der Waals surface area contributed by atoms with Crippen LogP contribution in [0.3, 0.4) is 0 Å². The minimum atomic E-state index is 0.524. The number of pyridine rings is 1. The van der Waals surface area contributed by atoms with Crippen molar-refractivity contribution in [2.24, 2.45) is 0 Å². The van der Waals surface area contributed by atoms with Gasteiger partial charge in [-0.05, 0) is 38.4 Å². The summed E-state index contributed by atoms with van der Waals surface area (Å²) in [6, 6.07) is 4.46. The lowest BCUT2D eigenvalue weighted by Gasteiger charge is -2.11. The van der Waals surface area contributed by atoms with Crippen LogP contribution in [-0.2, 0) is 0 Å². The zero-order chi connectivity index (χ0) is 9.80. The maximum Gasteiger partial charge on any atom is 0.137 e. The van der Waals surface area contributed by atoms with Gasteiger partial charge in [-0.15, -0.1) is 0 Å². The first-order valence-electron chi connectivity index (χ1n) is 5.13. The molecule has 0 aromatic carbocycles. The van der Waals surface area contributed by atoms with Crippen LogP contribution in [0.25, 0.3) is 0 Å². The number of nitrogens with one attached hydrogen (secondary N) is 1. The molecule has 1 aliphatic heterocycles. The predicted octanol–water partition coefficient (Wildman–Crippen LogP) is 1.52. The SMILES string of the molecule is Cc1ccc(OC[C@H]2CCCN2)cn1. The Kier molecular flexibility index (Phi) is 2.99. The summed E-state index contributed by atoms with van der Waals surface area (Å²) < 4.78 is 5.62. The van der Waals surface area contributed by atoms with E-state index in [1.807, 2.05) is 19.1 Å². The third-order valence-corrected chi connectivity index (χ3v) is 2.50. The molecule has 1 atom stereocenters. The third-order valence-electron chi connectivity index (χ3n) is 2.50. The standard InChI is InChI=1S/C11H16N2O/c1-9-4-5-11(7-13-9)14-8-10-3-2-6-12-10/h4-5,7,10,12H,2-3,6,8H2,1H3/t10-/m1/s1. The Balaban J connectivity index is 1.82. The van der Waals surface area contributed by atoms with Crippen LogP contribution in [0.15, 0.2) is 18.3 Å². The zero-order valence-electron chi connectivity index (χ0n) is 8.49. The van der Waals surface area contributed by atoms with E-state index in [0.29, 0.717) is 6.04 Å². The molecule has 14 heavy (non-hydrogen) atoms. The first-order chi connectivity index (χ1) is 6.84. The molecule has 76 valence electrons. The summed E-state index contributed by atoms with van der Waals surface area (Å²) in [6.07, 6.45) is 4.27. The van der Waals surface area contributed by atoms with Gasteiger partial charge in [0.25, 0.3) is 0 Å². The van der Waals surface area contributed by atoms with Crippen molar-refractivity contribution in [3.8, 4) is 5.75 Å². The van der Waals surface area contributed by atoms with Gasteiger partial charge in [-0.3, -0.25) is 4.98 Å². The second kappa shape index (κ2) is 4.42. The van der Waals surface area contributed by atoms with Crippen molar-refractivity contribution in [1.82, 2.24) is 10.3 Å². The molecule has 3 heteroatoms.